The summed E-state index contributed by atoms with van der Waals surface area (Å²) in [5, 5.41) is 19.7. The van der Waals surface area contributed by atoms with E-state index < -0.39 is 12.2 Å². The van der Waals surface area contributed by atoms with Gasteiger partial charge in [0.05, 0.1) is 91.5 Å². The van der Waals surface area contributed by atoms with Crippen LogP contribution in [0.5, 0.6) is 0 Å². The molecule has 1 aliphatic rings. The van der Waals surface area contributed by atoms with E-state index in [9.17, 15) is 10.2 Å². The predicted octanol–water partition coefficient (Wildman–Crippen LogP) is 0.288. The third-order valence-corrected chi connectivity index (χ3v) is 5.62. The second kappa shape index (κ2) is 20.6. The van der Waals surface area contributed by atoms with E-state index in [2.05, 4.69) is 0 Å². The summed E-state index contributed by atoms with van der Waals surface area (Å²) in [5.41, 5.74) is 0. The number of ether oxygens (including phenoxy) is 6. The second-order valence-electron chi connectivity index (χ2n) is 6.06. The van der Waals surface area contributed by atoms with Crippen molar-refractivity contribution < 1.29 is 38.6 Å². The molecule has 2 atom stereocenters. The minimum Gasteiger partial charge on any atom is -0.390 e. The van der Waals surface area contributed by atoms with Crippen LogP contribution in [0.25, 0.3) is 0 Å². The molecule has 10 heteroatoms. The zero-order chi connectivity index (χ0) is 20.1. The summed E-state index contributed by atoms with van der Waals surface area (Å²) in [6.07, 6.45) is -0.961. The van der Waals surface area contributed by atoms with E-state index >= 15 is 0 Å². The largest absolute Gasteiger partial charge is 0.390 e. The van der Waals surface area contributed by atoms with E-state index in [-0.39, 0.29) is 0 Å². The Balaban J connectivity index is 2.12. The first-order valence-corrected chi connectivity index (χ1v) is 12.1. The summed E-state index contributed by atoms with van der Waals surface area (Å²) in [6.45, 7) is 5.84. The minimum absolute atomic E-state index is 0.308. The molecule has 0 bridgehead atoms. The third-order valence-electron chi connectivity index (χ3n) is 3.47. The lowest BCUT2D eigenvalue weighted by Crippen LogP contribution is -2.21. The second-order valence-corrected chi connectivity index (χ2v) is 8.36. The van der Waals surface area contributed by atoms with E-state index in [1.165, 1.54) is 0 Å². The Morgan fingerprint density at radius 2 is 0.786 bits per heavy atom. The van der Waals surface area contributed by atoms with Gasteiger partial charge in [0, 0.05) is 23.0 Å². The Kier molecular flexibility index (Phi) is 19.5. The van der Waals surface area contributed by atoms with Gasteiger partial charge in [-0.2, -0.15) is 23.5 Å². The van der Waals surface area contributed by atoms with Crippen LogP contribution < -0.4 is 0 Å². The van der Waals surface area contributed by atoms with E-state index in [1.54, 1.807) is 23.5 Å². The molecule has 0 radical (unpaired) electrons. The van der Waals surface area contributed by atoms with Crippen LogP contribution in [0.15, 0.2) is 0 Å². The Bertz CT molecular complexity index is 270. The minimum atomic E-state index is -0.480. The van der Waals surface area contributed by atoms with Gasteiger partial charge in [-0.25, -0.2) is 0 Å². The lowest BCUT2D eigenvalue weighted by Gasteiger charge is -2.12. The molecule has 0 aromatic carbocycles. The molecule has 0 aliphatic carbocycles. The quantitative estimate of drug-likeness (QED) is 0.543. The molecule has 1 aliphatic heterocycles. The highest BCUT2D eigenvalue weighted by atomic mass is 32.2. The number of aliphatic hydroxyl groups is 2. The summed E-state index contributed by atoms with van der Waals surface area (Å²) in [6, 6.07) is 0. The summed E-state index contributed by atoms with van der Waals surface area (Å²) < 4.78 is 32.6. The molecule has 0 unspecified atom stereocenters. The maximum atomic E-state index is 9.84. The van der Waals surface area contributed by atoms with Crippen LogP contribution in [0, 0.1) is 0 Å². The Morgan fingerprint density at radius 3 is 1.18 bits per heavy atom. The van der Waals surface area contributed by atoms with E-state index in [0.29, 0.717) is 90.8 Å². The standard InChI is InChI=1S/C18H36O8S2/c19-17-13-25-7-5-21-1-2-22-6-8-26-14-18(20)16-28-12-10-24-4-3-23-9-11-27-15-17/h17-20H,1-16H2/t17-,18-/m1/s1. The molecule has 0 aromatic heterocycles. The topological polar surface area (TPSA) is 95.8 Å². The van der Waals surface area contributed by atoms with Gasteiger partial charge in [0.15, 0.2) is 0 Å². The average molecular weight is 445 g/mol. The molecule has 0 amide bonds. The van der Waals surface area contributed by atoms with Crippen molar-refractivity contribution in [3.8, 4) is 0 Å². The van der Waals surface area contributed by atoms with Crippen molar-refractivity contribution in [2.45, 2.75) is 12.2 Å². The molecule has 1 rings (SSSR count). The van der Waals surface area contributed by atoms with Crippen molar-refractivity contribution in [2.24, 2.45) is 0 Å². The van der Waals surface area contributed by atoms with Crippen LogP contribution >= 0.6 is 23.5 Å². The fourth-order valence-corrected chi connectivity index (χ4v) is 3.63. The highest BCUT2D eigenvalue weighted by Crippen LogP contribution is 2.05. The zero-order valence-electron chi connectivity index (χ0n) is 16.6. The monoisotopic (exact) mass is 444 g/mol. The van der Waals surface area contributed by atoms with Gasteiger partial charge in [-0.15, -0.1) is 0 Å². The summed E-state index contributed by atoms with van der Waals surface area (Å²) in [4.78, 5) is 0. The zero-order valence-corrected chi connectivity index (χ0v) is 18.3. The first kappa shape index (κ1) is 26.4. The van der Waals surface area contributed by atoms with Gasteiger partial charge in [-0.3, -0.25) is 0 Å². The Hall–Kier alpha value is 0.380. The summed E-state index contributed by atoms with van der Waals surface area (Å²) >= 11 is 3.29. The normalized spacial score (nSPS) is 28.5. The van der Waals surface area contributed by atoms with Gasteiger partial charge in [-0.1, -0.05) is 0 Å². The summed E-state index contributed by atoms with van der Waals surface area (Å²) in [5.74, 6) is 2.91. The number of thioether (sulfide) groups is 2. The molecule has 0 spiro atoms. The van der Waals surface area contributed by atoms with Crippen molar-refractivity contribution >= 4 is 23.5 Å². The van der Waals surface area contributed by atoms with E-state index in [1.807, 2.05) is 0 Å². The molecule has 0 aromatic rings. The van der Waals surface area contributed by atoms with Gasteiger partial charge in [-0.05, 0) is 0 Å². The van der Waals surface area contributed by atoms with Gasteiger partial charge >= 0.3 is 0 Å². The molecular formula is C18H36O8S2. The average Bonchev–Trinajstić information content (AvgIpc) is 2.69. The fraction of sp³-hybridized carbons (Fsp3) is 1.00. The smallest absolute Gasteiger partial charge is 0.0863 e. The molecule has 168 valence electrons. The SMILES string of the molecule is O[C@@H]1COCCOCCOCCOC[C@@H](O)CSCCOCCOCCSC1. The maximum Gasteiger partial charge on any atom is 0.0863 e. The molecule has 8 nitrogen and oxygen atoms in total. The van der Waals surface area contributed by atoms with Crippen LogP contribution in [0.4, 0.5) is 0 Å². The first-order valence-electron chi connectivity index (χ1n) is 9.77. The lowest BCUT2D eigenvalue weighted by atomic mass is 10.4. The van der Waals surface area contributed by atoms with Gasteiger partial charge in [0.2, 0.25) is 0 Å². The van der Waals surface area contributed by atoms with Crippen LogP contribution in [0.2, 0.25) is 0 Å². The molecule has 2 N–H and O–H groups in total. The maximum absolute atomic E-state index is 9.84. The fourth-order valence-electron chi connectivity index (χ4n) is 2.09. The van der Waals surface area contributed by atoms with Crippen molar-refractivity contribution in [3.05, 3.63) is 0 Å². The van der Waals surface area contributed by atoms with Crippen LogP contribution in [-0.4, -0.2) is 125 Å². The van der Waals surface area contributed by atoms with Crippen LogP contribution in [0.3, 0.4) is 0 Å². The van der Waals surface area contributed by atoms with Gasteiger partial charge in [0.25, 0.3) is 0 Å². The number of hydrogen-bond donors (Lipinski definition) is 2. The first-order chi connectivity index (χ1) is 13.8. The van der Waals surface area contributed by atoms with Crippen molar-refractivity contribution in [3.63, 3.8) is 0 Å². The van der Waals surface area contributed by atoms with Crippen molar-refractivity contribution in [2.75, 3.05) is 102 Å². The van der Waals surface area contributed by atoms with Crippen molar-refractivity contribution in [1.82, 2.24) is 0 Å². The molecule has 28 heavy (non-hydrogen) atoms. The third kappa shape index (κ3) is 18.4. The van der Waals surface area contributed by atoms with Crippen molar-refractivity contribution in [1.29, 1.82) is 0 Å². The molecular weight excluding hydrogens is 408 g/mol. The van der Waals surface area contributed by atoms with Gasteiger partial charge in [0.1, 0.15) is 0 Å². The van der Waals surface area contributed by atoms with Crippen LogP contribution in [-0.2, 0) is 28.4 Å². The molecule has 0 saturated carbocycles. The molecule has 1 saturated heterocycles. The number of aliphatic hydroxyl groups excluding tert-OH is 2. The number of hydrogen-bond acceptors (Lipinski definition) is 10. The molecule has 1 heterocycles. The Labute approximate surface area is 176 Å². The number of rotatable bonds is 0. The molecule has 1 fully saturated rings. The Morgan fingerprint density at radius 1 is 0.464 bits per heavy atom. The van der Waals surface area contributed by atoms with Crippen LogP contribution in [0.1, 0.15) is 0 Å². The van der Waals surface area contributed by atoms with E-state index in [4.69, 9.17) is 28.4 Å². The lowest BCUT2D eigenvalue weighted by molar-refractivity contribution is -0.0203. The highest BCUT2D eigenvalue weighted by Gasteiger charge is 2.06. The predicted molar refractivity (Wildman–Crippen MR) is 112 cm³/mol. The van der Waals surface area contributed by atoms with E-state index in [0.717, 1.165) is 11.5 Å². The van der Waals surface area contributed by atoms with Gasteiger partial charge < -0.3 is 38.6 Å². The summed E-state index contributed by atoms with van der Waals surface area (Å²) in [7, 11) is 0. The highest BCUT2D eigenvalue weighted by molar-refractivity contribution is 7.99.